The summed E-state index contributed by atoms with van der Waals surface area (Å²) >= 11 is 12.1. The van der Waals surface area contributed by atoms with Crippen LogP contribution in [-0.2, 0) is 9.59 Å². The quantitative estimate of drug-likeness (QED) is 0.744. The molecule has 2 aromatic carbocycles. The number of ether oxygens (including phenoxy) is 1. The summed E-state index contributed by atoms with van der Waals surface area (Å²) in [5.41, 5.74) is -0.508. The minimum atomic E-state index is -1.34. The van der Waals surface area contributed by atoms with Crippen molar-refractivity contribution in [1.82, 2.24) is 0 Å². The zero-order valence-electron chi connectivity index (χ0n) is 14.0. The number of hydrogen-bond donors (Lipinski definition) is 2. The lowest BCUT2D eigenvalue weighted by Crippen LogP contribution is -2.41. The van der Waals surface area contributed by atoms with Gasteiger partial charge in [-0.05, 0) is 50.2 Å². The van der Waals surface area contributed by atoms with E-state index in [0.29, 0.717) is 21.5 Å². The Hall–Kier alpha value is -2.24. The van der Waals surface area contributed by atoms with E-state index in [1.165, 1.54) is 13.8 Å². The first kappa shape index (κ1) is 19.1. The van der Waals surface area contributed by atoms with Crippen LogP contribution in [0.4, 0.5) is 11.4 Å². The van der Waals surface area contributed by atoms with E-state index in [1.807, 2.05) is 0 Å². The van der Waals surface area contributed by atoms with Gasteiger partial charge in [-0.1, -0.05) is 29.3 Å². The van der Waals surface area contributed by atoms with Gasteiger partial charge in [-0.2, -0.15) is 0 Å². The predicted molar refractivity (Wildman–Crippen MR) is 100 cm³/mol. The molecule has 0 radical (unpaired) electrons. The van der Waals surface area contributed by atoms with Crippen LogP contribution in [0, 0.1) is 5.41 Å². The summed E-state index contributed by atoms with van der Waals surface area (Å²) in [6.45, 7) is 3.04. The summed E-state index contributed by atoms with van der Waals surface area (Å²) in [6.07, 6.45) is 0. The monoisotopic (exact) mass is 380 g/mol. The maximum Gasteiger partial charge on any atom is 0.239 e. The van der Waals surface area contributed by atoms with Crippen LogP contribution in [0.25, 0.3) is 0 Å². The molecule has 0 aliphatic carbocycles. The van der Waals surface area contributed by atoms with Gasteiger partial charge in [-0.15, -0.1) is 0 Å². The molecular formula is C18H18Cl2N2O3. The number of carbonyl (C=O) groups excluding carboxylic acids is 2. The minimum Gasteiger partial charge on any atom is -0.497 e. The van der Waals surface area contributed by atoms with Gasteiger partial charge in [-0.3, -0.25) is 9.59 Å². The number of nitrogens with one attached hydrogen (secondary N) is 2. The van der Waals surface area contributed by atoms with E-state index < -0.39 is 17.2 Å². The van der Waals surface area contributed by atoms with Crippen molar-refractivity contribution in [1.29, 1.82) is 0 Å². The summed E-state index contributed by atoms with van der Waals surface area (Å²) in [4.78, 5) is 25.1. The number of halogens is 2. The number of carbonyl (C=O) groups is 2. The number of para-hydroxylation sites is 1. The van der Waals surface area contributed by atoms with Gasteiger partial charge in [0.25, 0.3) is 0 Å². The Morgan fingerprint density at radius 2 is 1.44 bits per heavy atom. The molecule has 0 saturated carbocycles. The molecule has 0 spiro atoms. The predicted octanol–water partition coefficient (Wildman–Crippen LogP) is 4.61. The number of methoxy groups -OCH3 is 1. The third kappa shape index (κ3) is 4.44. The Labute approximate surface area is 156 Å². The van der Waals surface area contributed by atoms with Crippen molar-refractivity contribution in [2.75, 3.05) is 17.7 Å². The molecule has 0 aliphatic rings. The van der Waals surface area contributed by atoms with Crippen molar-refractivity contribution in [3.8, 4) is 5.75 Å². The lowest BCUT2D eigenvalue weighted by atomic mass is 9.90. The van der Waals surface area contributed by atoms with Crippen molar-refractivity contribution < 1.29 is 14.3 Å². The number of anilines is 2. The molecule has 5 nitrogen and oxygen atoms in total. The molecule has 132 valence electrons. The van der Waals surface area contributed by atoms with Crippen molar-refractivity contribution >= 4 is 46.4 Å². The maximum atomic E-state index is 12.6. The second kappa shape index (κ2) is 7.76. The lowest BCUT2D eigenvalue weighted by molar-refractivity contribution is -0.135. The van der Waals surface area contributed by atoms with Crippen LogP contribution in [-0.4, -0.2) is 18.9 Å². The highest BCUT2D eigenvalue weighted by atomic mass is 35.5. The van der Waals surface area contributed by atoms with Crippen LogP contribution in [0.1, 0.15) is 13.8 Å². The van der Waals surface area contributed by atoms with E-state index in [0.717, 1.165) is 0 Å². The Balaban J connectivity index is 2.12. The van der Waals surface area contributed by atoms with E-state index in [4.69, 9.17) is 27.9 Å². The highest BCUT2D eigenvalue weighted by molar-refractivity contribution is 6.40. The number of rotatable bonds is 5. The summed E-state index contributed by atoms with van der Waals surface area (Å²) in [5, 5.41) is 5.92. The first-order valence-electron chi connectivity index (χ1n) is 7.46. The van der Waals surface area contributed by atoms with Gasteiger partial charge in [0.05, 0.1) is 22.8 Å². The average molecular weight is 381 g/mol. The molecule has 25 heavy (non-hydrogen) atoms. The highest BCUT2D eigenvalue weighted by Crippen LogP contribution is 2.32. The average Bonchev–Trinajstić information content (AvgIpc) is 2.58. The zero-order chi connectivity index (χ0) is 18.6. The molecule has 0 heterocycles. The van der Waals surface area contributed by atoms with Crippen molar-refractivity contribution in [3.63, 3.8) is 0 Å². The molecule has 2 rings (SSSR count). The number of benzene rings is 2. The van der Waals surface area contributed by atoms with Gasteiger partial charge in [0.1, 0.15) is 11.2 Å². The van der Waals surface area contributed by atoms with Gasteiger partial charge in [-0.25, -0.2) is 0 Å². The van der Waals surface area contributed by atoms with Crippen molar-refractivity contribution in [2.24, 2.45) is 5.41 Å². The molecule has 0 bridgehead atoms. The molecule has 2 N–H and O–H groups in total. The SMILES string of the molecule is COc1ccc(NC(=O)C(C)(C)C(=O)Nc2c(Cl)cccc2Cl)cc1. The van der Waals surface area contributed by atoms with Gasteiger partial charge in [0, 0.05) is 5.69 Å². The van der Waals surface area contributed by atoms with Crippen molar-refractivity contribution in [3.05, 3.63) is 52.5 Å². The molecule has 2 aromatic rings. The molecule has 0 atom stereocenters. The molecule has 0 saturated heterocycles. The number of hydrogen-bond acceptors (Lipinski definition) is 3. The van der Waals surface area contributed by atoms with E-state index >= 15 is 0 Å². The Morgan fingerprint density at radius 3 is 1.96 bits per heavy atom. The van der Waals surface area contributed by atoms with E-state index in [9.17, 15) is 9.59 Å². The summed E-state index contributed by atoms with van der Waals surface area (Å²) < 4.78 is 5.07. The Kier molecular flexibility index (Phi) is 5.93. The summed E-state index contributed by atoms with van der Waals surface area (Å²) in [7, 11) is 1.56. The molecule has 7 heteroatoms. The van der Waals surface area contributed by atoms with Gasteiger partial charge in [0.2, 0.25) is 11.8 Å². The molecule has 0 aliphatic heterocycles. The molecular weight excluding hydrogens is 363 g/mol. The standard InChI is InChI=1S/C18H18Cl2N2O3/c1-18(2,16(23)21-11-7-9-12(25-3)10-8-11)17(24)22-15-13(19)5-4-6-14(15)20/h4-10H,1-3H3,(H,21,23)(H,22,24). The Morgan fingerprint density at radius 1 is 0.920 bits per heavy atom. The van der Waals surface area contributed by atoms with E-state index in [2.05, 4.69) is 10.6 Å². The maximum absolute atomic E-state index is 12.6. The fourth-order valence-electron chi connectivity index (χ4n) is 1.95. The lowest BCUT2D eigenvalue weighted by Gasteiger charge is -2.23. The zero-order valence-corrected chi connectivity index (χ0v) is 15.5. The third-order valence-corrected chi connectivity index (χ3v) is 4.31. The first-order chi connectivity index (χ1) is 11.8. The summed E-state index contributed by atoms with van der Waals surface area (Å²) in [6, 6.07) is 11.7. The fourth-order valence-corrected chi connectivity index (χ4v) is 2.44. The van der Waals surface area contributed by atoms with Crippen LogP contribution in [0.5, 0.6) is 5.75 Å². The van der Waals surface area contributed by atoms with Gasteiger partial charge >= 0.3 is 0 Å². The van der Waals surface area contributed by atoms with Crippen LogP contribution < -0.4 is 15.4 Å². The minimum absolute atomic E-state index is 0.279. The Bertz CT molecular complexity index is 769. The fraction of sp³-hybridized carbons (Fsp3) is 0.222. The smallest absolute Gasteiger partial charge is 0.239 e. The van der Waals surface area contributed by atoms with Gasteiger partial charge < -0.3 is 15.4 Å². The van der Waals surface area contributed by atoms with Crippen LogP contribution in [0.3, 0.4) is 0 Å². The molecule has 0 unspecified atom stereocenters. The van der Waals surface area contributed by atoms with E-state index in [1.54, 1.807) is 49.6 Å². The first-order valence-corrected chi connectivity index (χ1v) is 8.22. The van der Waals surface area contributed by atoms with E-state index in [-0.39, 0.29) is 5.69 Å². The molecule has 2 amide bonds. The van der Waals surface area contributed by atoms with Crippen LogP contribution >= 0.6 is 23.2 Å². The number of amides is 2. The highest BCUT2D eigenvalue weighted by Gasteiger charge is 2.36. The second-order valence-corrected chi connectivity index (χ2v) is 6.67. The third-order valence-electron chi connectivity index (χ3n) is 3.68. The van der Waals surface area contributed by atoms with Gasteiger partial charge in [0.15, 0.2) is 0 Å². The molecule has 0 fully saturated rings. The molecule has 0 aromatic heterocycles. The van der Waals surface area contributed by atoms with Crippen molar-refractivity contribution in [2.45, 2.75) is 13.8 Å². The van der Waals surface area contributed by atoms with Crippen LogP contribution in [0.15, 0.2) is 42.5 Å². The largest absolute Gasteiger partial charge is 0.497 e. The second-order valence-electron chi connectivity index (χ2n) is 5.86. The van der Waals surface area contributed by atoms with Crippen LogP contribution in [0.2, 0.25) is 10.0 Å². The summed E-state index contributed by atoms with van der Waals surface area (Å²) in [5.74, 6) is -0.310. The normalized spacial score (nSPS) is 10.9. The topological polar surface area (TPSA) is 67.4 Å².